The van der Waals surface area contributed by atoms with Gasteiger partial charge in [0.1, 0.15) is 0 Å². The zero-order valence-corrected chi connectivity index (χ0v) is 16.3. The molecular formula is C20H21N3O2S2. The fourth-order valence-electron chi connectivity index (χ4n) is 2.83. The van der Waals surface area contributed by atoms with Crippen LogP contribution in [0.1, 0.15) is 27.8 Å². The van der Waals surface area contributed by atoms with Crippen LogP contribution in [-0.4, -0.2) is 16.8 Å². The first-order valence-corrected chi connectivity index (χ1v) is 10.3. The number of nitrogens with two attached hydrogens (primary N) is 1. The van der Waals surface area contributed by atoms with Gasteiger partial charge in [-0.15, -0.1) is 22.7 Å². The molecule has 0 aliphatic heterocycles. The molecule has 1 atom stereocenters. The van der Waals surface area contributed by atoms with Crippen molar-refractivity contribution in [1.29, 1.82) is 0 Å². The first-order chi connectivity index (χ1) is 13.1. The third-order valence-corrected chi connectivity index (χ3v) is 5.83. The molecule has 3 rings (SSSR count). The van der Waals surface area contributed by atoms with Crippen LogP contribution in [0.4, 0.5) is 4.79 Å². The Hall–Kier alpha value is -2.64. The summed E-state index contributed by atoms with van der Waals surface area (Å²) in [7, 11) is 0. The van der Waals surface area contributed by atoms with Gasteiger partial charge >= 0.3 is 6.03 Å². The molecule has 0 radical (unpaired) electrons. The molecule has 0 fully saturated rings. The van der Waals surface area contributed by atoms with Crippen LogP contribution in [0.5, 0.6) is 0 Å². The predicted octanol–water partition coefficient (Wildman–Crippen LogP) is 4.14. The zero-order valence-electron chi connectivity index (χ0n) is 14.7. The van der Waals surface area contributed by atoms with Gasteiger partial charge in [0.05, 0.1) is 25.6 Å². The van der Waals surface area contributed by atoms with Crippen molar-refractivity contribution in [3.05, 3.63) is 80.7 Å². The van der Waals surface area contributed by atoms with Gasteiger partial charge < -0.3 is 16.0 Å². The van der Waals surface area contributed by atoms with Gasteiger partial charge in [-0.05, 0) is 28.5 Å². The van der Waals surface area contributed by atoms with Gasteiger partial charge in [-0.1, -0.05) is 42.5 Å². The molecule has 3 aromatic rings. The summed E-state index contributed by atoms with van der Waals surface area (Å²) < 4.78 is 0. The molecule has 0 bridgehead atoms. The quantitative estimate of drug-likeness (QED) is 0.597. The molecule has 1 unspecified atom stereocenters. The van der Waals surface area contributed by atoms with Gasteiger partial charge in [0.2, 0.25) is 5.91 Å². The fraction of sp³-hybridized carbons (Fsp3) is 0.200. The van der Waals surface area contributed by atoms with Gasteiger partial charge in [0, 0.05) is 9.75 Å². The molecule has 0 aliphatic rings. The van der Waals surface area contributed by atoms with Crippen LogP contribution in [-0.2, 0) is 17.9 Å². The highest BCUT2D eigenvalue weighted by atomic mass is 32.1. The van der Waals surface area contributed by atoms with Crippen LogP contribution in [0.3, 0.4) is 0 Å². The lowest BCUT2D eigenvalue weighted by Gasteiger charge is -2.25. The first kappa shape index (κ1) is 19.1. The van der Waals surface area contributed by atoms with Gasteiger partial charge in [-0.25, -0.2) is 4.79 Å². The first-order valence-electron chi connectivity index (χ1n) is 8.55. The molecule has 2 heterocycles. The Kier molecular flexibility index (Phi) is 6.62. The van der Waals surface area contributed by atoms with Crippen LogP contribution in [0, 0.1) is 0 Å². The maximum absolute atomic E-state index is 13.1. The number of carbonyl (C=O) groups excluding carboxylic acids is 2. The van der Waals surface area contributed by atoms with Crippen LogP contribution < -0.4 is 11.1 Å². The number of hydrogen-bond donors (Lipinski definition) is 2. The van der Waals surface area contributed by atoms with Crippen molar-refractivity contribution in [3.63, 3.8) is 0 Å². The summed E-state index contributed by atoms with van der Waals surface area (Å²) in [6.45, 7) is 1.10. The van der Waals surface area contributed by atoms with Crippen LogP contribution >= 0.6 is 22.7 Å². The summed E-state index contributed by atoms with van der Waals surface area (Å²) in [5.41, 5.74) is 6.19. The largest absolute Gasteiger partial charge is 0.352 e. The standard InChI is InChI=1S/C20H21N3O2S2/c21-20(25)22-18(15-6-2-1-3-7-15)12-19(24)23(13-16-8-4-10-26-16)14-17-9-5-11-27-17/h1-11,18H,12-14H2,(H3,21,22,25). The molecule has 0 saturated heterocycles. The molecule has 5 nitrogen and oxygen atoms in total. The third-order valence-electron chi connectivity index (χ3n) is 4.10. The number of nitrogens with zero attached hydrogens (tertiary/aromatic N) is 1. The van der Waals surface area contributed by atoms with Gasteiger partial charge in [-0.2, -0.15) is 0 Å². The van der Waals surface area contributed by atoms with E-state index in [1.165, 1.54) is 0 Å². The second-order valence-corrected chi connectivity index (χ2v) is 8.15. The van der Waals surface area contributed by atoms with E-state index >= 15 is 0 Å². The lowest BCUT2D eigenvalue weighted by Crippen LogP contribution is -2.38. The van der Waals surface area contributed by atoms with Crippen molar-refractivity contribution in [1.82, 2.24) is 10.2 Å². The molecule has 0 aliphatic carbocycles. The summed E-state index contributed by atoms with van der Waals surface area (Å²) in [4.78, 5) is 28.6. The number of urea groups is 1. The van der Waals surface area contributed by atoms with Crippen molar-refractivity contribution in [2.75, 3.05) is 0 Å². The van der Waals surface area contributed by atoms with Crippen molar-refractivity contribution >= 4 is 34.6 Å². The topological polar surface area (TPSA) is 75.4 Å². The Bertz CT molecular complexity index is 813. The molecular weight excluding hydrogens is 378 g/mol. The Labute approximate surface area is 166 Å². The number of nitrogens with one attached hydrogen (secondary N) is 1. The van der Waals surface area contributed by atoms with E-state index < -0.39 is 12.1 Å². The average molecular weight is 400 g/mol. The minimum absolute atomic E-state index is 0.0283. The van der Waals surface area contributed by atoms with Crippen molar-refractivity contribution in [2.45, 2.75) is 25.6 Å². The second-order valence-electron chi connectivity index (χ2n) is 6.08. The smallest absolute Gasteiger partial charge is 0.312 e. The lowest BCUT2D eigenvalue weighted by atomic mass is 10.0. The predicted molar refractivity (Wildman–Crippen MR) is 109 cm³/mol. The summed E-state index contributed by atoms with van der Waals surface area (Å²) in [5.74, 6) is -0.0283. The molecule has 3 amide bonds. The van der Waals surface area contributed by atoms with Gasteiger partial charge in [-0.3, -0.25) is 4.79 Å². The molecule has 27 heavy (non-hydrogen) atoms. The van der Waals surface area contributed by atoms with Crippen molar-refractivity contribution in [2.24, 2.45) is 5.73 Å². The SMILES string of the molecule is NC(=O)NC(CC(=O)N(Cc1cccs1)Cc1cccs1)c1ccccc1. The van der Waals surface area contributed by atoms with Crippen molar-refractivity contribution in [3.8, 4) is 0 Å². The number of benzene rings is 1. The van der Waals surface area contributed by atoms with E-state index in [-0.39, 0.29) is 12.3 Å². The normalized spacial score (nSPS) is 11.7. The third kappa shape index (κ3) is 5.67. The van der Waals surface area contributed by atoms with Crippen LogP contribution in [0.25, 0.3) is 0 Å². The molecule has 1 aromatic carbocycles. The van der Waals surface area contributed by atoms with E-state index in [2.05, 4.69) is 5.32 Å². The average Bonchev–Trinajstić information content (AvgIpc) is 3.35. The van der Waals surface area contributed by atoms with E-state index in [0.717, 1.165) is 15.3 Å². The molecule has 0 saturated carbocycles. The van der Waals surface area contributed by atoms with Crippen molar-refractivity contribution < 1.29 is 9.59 Å². The number of rotatable bonds is 8. The number of hydrogen-bond acceptors (Lipinski definition) is 4. The lowest BCUT2D eigenvalue weighted by molar-refractivity contribution is -0.132. The highest BCUT2D eigenvalue weighted by Gasteiger charge is 2.22. The van der Waals surface area contributed by atoms with Crippen LogP contribution in [0.15, 0.2) is 65.4 Å². The number of thiophene rings is 2. The van der Waals surface area contributed by atoms with Gasteiger partial charge in [0.25, 0.3) is 0 Å². The summed E-state index contributed by atoms with van der Waals surface area (Å²) in [6, 6.07) is 16.3. The molecule has 3 N–H and O–H groups in total. The monoisotopic (exact) mass is 399 g/mol. The zero-order chi connectivity index (χ0) is 19.1. The highest BCUT2D eigenvalue weighted by molar-refractivity contribution is 7.10. The Morgan fingerprint density at radius 1 is 0.926 bits per heavy atom. The van der Waals surface area contributed by atoms with E-state index in [9.17, 15) is 9.59 Å². The molecule has 140 valence electrons. The minimum Gasteiger partial charge on any atom is -0.352 e. The minimum atomic E-state index is -0.639. The molecule has 7 heteroatoms. The van der Waals surface area contributed by atoms with Gasteiger partial charge in [0.15, 0.2) is 0 Å². The van der Waals surface area contributed by atoms with E-state index in [0.29, 0.717) is 13.1 Å². The van der Waals surface area contributed by atoms with E-state index in [1.807, 2.05) is 70.3 Å². The van der Waals surface area contributed by atoms with E-state index in [4.69, 9.17) is 5.73 Å². The number of primary amides is 1. The van der Waals surface area contributed by atoms with E-state index in [1.54, 1.807) is 22.7 Å². The number of carbonyl (C=O) groups is 2. The Balaban J connectivity index is 1.77. The summed E-state index contributed by atoms with van der Waals surface area (Å²) in [6.07, 6.45) is 0.156. The summed E-state index contributed by atoms with van der Waals surface area (Å²) >= 11 is 3.25. The number of amides is 3. The molecule has 0 spiro atoms. The Morgan fingerprint density at radius 2 is 1.52 bits per heavy atom. The fourth-order valence-corrected chi connectivity index (χ4v) is 4.27. The maximum Gasteiger partial charge on any atom is 0.312 e. The molecule has 2 aromatic heterocycles. The summed E-state index contributed by atoms with van der Waals surface area (Å²) in [5, 5.41) is 6.71. The van der Waals surface area contributed by atoms with Crippen LogP contribution in [0.2, 0.25) is 0 Å². The highest BCUT2D eigenvalue weighted by Crippen LogP contribution is 2.22. The maximum atomic E-state index is 13.1. The Morgan fingerprint density at radius 3 is 2.00 bits per heavy atom. The second kappa shape index (κ2) is 9.34.